The molecular formula is C30H48B2O4. The Balaban J connectivity index is 0.00000152. The highest BCUT2D eigenvalue weighted by atomic mass is 16.7. The maximum Gasteiger partial charge on any atom is 0.494 e. The Hall–Kier alpha value is -1.59. The highest BCUT2D eigenvalue weighted by molar-refractivity contribution is 6.62. The van der Waals surface area contributed by atoms with Crippen LogP contribution in [0.1, 0.15) is 103 Å². The molecule has 5 rings (SSSR count). The first-order chi connectivity index (χ1) is 15.1. The molecule has 0 atom stereocenters. The van der Waals surface area contributed by atoms with Gasteiger partial charge in [-0.2, -0.15) is 0 Å². The van der Waals surface area contributed by atoms with Gasteiger partial charge in [0.2, 0.25) is 0 Å². The monoisotopic (exact) mass is 494 g/mol. The minimum Gasteiger partial charge on any atom is -0.399 e. The van der Waals surface area contributed by atoms with Crippen molar-refractivity contribution in [1.82, 2.24) is 0 Å². The Morgan fingerprint density at radius 3 is 1.03 bits per heavy atom. The lowest BCUT2D eigenvalue weighted by Gasteiger charge is -2.32. The van der Waals surface area contributed by atoms with Gasteiger partial charge in [0.25, 0.3) is 0 Å². The molecule has 0 N–H and O–H groups in total. The van der Waals surface area contributed by atoms with Gasteiger partial charge in [0.1, 0.15) is 0 Å². The quantitative estimate of drug-likeness (QED) is 0.447. The van der Waals surface area contributed by atoms with E-state index in [4.69, 9.17) is 18.6 Å². The van der Waals surface area contributed by atoms with E-state index >= 15 is 0 Å². The molecule has 0 aromatic heterocycles. The molecule has 0 unspecified atom stereocenters. The number of rotatable bonds is 2. The first-order valence-electron chi connectivity index (χ1n) is 12.1. The zero-order valence-electron chi connectivity index (χ0n) is 21.8. The summed E-state index contributed by atoms with van der Waals surface area (Å²) in [7, 11) is -0.722. The van der Waals surface area contributed by atoms with Crippen molar-refractivity contribution < 1.29 is 18.6 Å². The first-order valence-corrected chi connectivity index (χ1v) is 12.1. The van der Waals surface area contributed by atoms with Crippen LogP contribution in [0.15, 0.2) is 36.4 Å². The average Bonchev–Trinajstić information content (AvgIpc) is 3.16. The molecule has 6 heteroatoms. The summed E-state index contributed by atoms with van der Waals surface area (Å²) < 4.78 is 25.3. The fourth-order valence-corrected chi connectivity index (χ4v) is 5.02. The Labute approximate surface area is 221 Å². The predicted octanol–water partition coefficient (Wildman–Crippen LogP) is 6.50. The van der Waals surface area contributed by atoms with Crippen LogP contribution in [0.4, 0.5) is 0 Å². The van der Waals surface area contributed by atoms with Crippen LogP contribution in [-0.2, 0) is 24.0 Å². The van der Waals surface area contributed by atoms with Crippen molar-refractivity contribution in [3.05, 3.63) is 47.5 Å². The number of fused-ring (bicyclic) bond motifs is 3. The zero-order chi connectivity index (χ0) is 24.2. The van der Waals surface area contributed by atoms with E-state index in [1.807, 2.05) is 0 Å². The molecule has 0 bridgehead atoms. The van der Waals surface area contributed by atoms with E-state index in [1.54, 1.807) is 0 Å². The molecule has 0 saturated carbocycles. The van der Waals surface area contributed by atoms with Gasteiger partial charge in [0.15, 0.2) is 0 Å². The Kier molecular flexibility index (Phi) is 7.67. The summed E-state index contributed by atoms with van der Waals surface area (Å²) >= 11 is 0. The van der Waals surface area contributed by atoms with Crippen LogP contribution in [0.25, 0.3) is 11.1 Å². The molecule has 2 aromatic rings. The van der Waals surface area contributed by atoms with Gasteiger partial charge in [-0.3, -0.25) is 0 Å². The van der Waals surface area contributed by atoms with E-state index < -0.39 is 0 Å². The van der Waals surface area contributed by atoms with Crippen molar-refractivity contribution in [2.24, 2.45) is 0 Å². The molecule has 198 valence electrons. The summed E-state index contributed by atoms with van der Waals surface area (Å²) in [4.78, 5) is 0. The molecule has 0 amide bonds. The lowest BCUT2D eigenvalue weighted by Crippen LogP contribution is -2.41. The largest absolute Gasteiger partial charge is 0.494 e. The number of benzene rings is 2. The molecule has 36 heavy (non-hydrogen) atoms. The SMILES string of the molecule is C.C.C.CC1(C)c2cc(B3OC(C)(C)C(C)(C)O3)ccc2-c2ccc(B3OC(C)(C)C(C)(C)O3)cc21. The maximum absolute atomic E-state index is 6.33. The highest BCUT2D eigenvalue weighted by Gasteiger charge is 2.53. The fourth-order valence-electron chi connectivity index (χ4n) is 5.02. The summed E-state index contributed by atoms with van der Waals surface area (Å²) in [5, 5.41) is 0. The van der Waals surface area contributed by atoms with E-state index in [0.29, 0.717) is 0 Å². The van der Waals surface area contributed by atoms with Crippen molar-refractivity contribution in [2.45, 2.75) is 119 Å². The van der Waals surface area contributed by atoms with Gasteiger partial charge in [-0.05, 0) is 88.6 Å². The van der Waals surface area contributed by atoms with Gasteiger partial charge in [-0.25, -0.2) is 0 Å². The maximum atomic E-state index is 6.33. The van der Waals surface area contributed by atoms with Crippen LogP contribution in [-0.4, -0.2) is 36.6 Å². The normalized spacial score (nSPS) is 23.2. The van der Waals surface area contributed by atoms with Crippen LogP contribution in [0.2, 0.25) is 0 Å². The second-order valence-electron chi connectivity index (χ2n) is 12.4. The fraction of sp³-hybridized carbons (Fsp3) is 0.600. The summed E-state index contributed by atoms with van der Waals surface area (Å²) in [6.45, 7) is 21.3. The van der Waals surface area contributed by atoms with Crippen molar-refractivity contribution in [1.29, 1.82) is 0 Å². The van der Waals surface area contributed by atoms with Crippen LogP contribution in [0.5, 0.6) is 0 Å². The molecule has 2 fully saturated rings. The van der Waals surface area contributed by atoms with Gasteiger partial charge >= 0.3 is 14.2 Å². The number of hydrogen-bond acceptors (Lipinski definition) is 4. The van der Waals surface area contributed by atoms with E-state index in [0.717, 1.165) is 10.9 Å². The average molecular weight is 494 g/mol. The molecule has 1 aliphatic carbocycles. The standard InChI is InChI=1S/C27H36B2O4.3CH4/c1-23(2)21-15-17(28-30-24(3,4)25(5,6)31-28)11-13-19(21)20-14-12-18(16-22(20)23)29-32-26(7,8)27(9,10)33-29;;;/h11-16H,1-10H3;3*1H4. The minimum atomic E-state index is -0.361. The van der Waals surface area contributed by atoms with Gasteiger partial charge in [-0.1, -0.05) is 72.5 Å². The molecule has 0 radical (unpaired) electrons. The van der Waals surface area contributed by atoms with Crippen LogP contribution in [0.3, 0.4) is 0 Å². The predicted molar refractivity (Wildman–Crippen MR) is 156 cm³/mol. The summed E-state index contributed by atoms with van der Waals surface area (Å²) in [6, 6.07) is 13.3. The van der Waals surface area contributed by atoms with Crippen molar-refractivity contribution >= 4 is 25.2 Å². The topological polar surface area (TPSA) is 36.9 Å². The van der Waals surface area contributed by atoms with E-state index in [2.05, 4.69) is 106 Å². The van der Waals surface area contributed by atoms with Gasteiger partial charge in [0.05, 0.1) is 22.4 Å². The molecule has 2 saturated heterocycles. The Morgan fingerprint density at radius 2 is 0.750 bits per heavy atom. The van der Waals surface area contributed by atoms with Crippen molar-refractivity contribution in [3.8, 4) is 11.1 Å². The first kappa shape index (κ1) is 30.6. The summed E-state index contributed by atoms with van der Waals surface area (Å²) in [5.41, 5.74) is 5.72. The second kappa shape index (κ2) is 9.01. The van der Waals surface area contributed by atoms with Crippen LogP contribution in [0, 0.1) is 0 Å². The van der Waals surface area contributed by atoms with E-state index in [9.17, 15) is 0 Å². The Morgan fingerprint density at radius 1 is 0.472 bits per heavy atom. The third-order valence-electron chi connectivity index (χ3n) is 8.77. The lowest BCUT2D eigenvalue weighted by atomic mass is 9.73. The molecule has 0 spiro atoms. The van der Waals surface area contributed by atoms with Crippen LogP contribution < -0.4 is 10.9 Å². The molecule has 3 aliphatic rings. The minimum absolute atomic E-state index is 0. The van der Waals surface area contributed by atoms with E-state index in [-0.39, 0.29) is 64.3 Å². The smallest absolute Gasteiger partial charge is 0.399 e. The van der Waals surface area contributed by atoms with Gasteiger partial charge in [-0.15, -0.1) is 0 Å². The molecular weight excluding hydrogens is 446 g/mol. The summed E-state index contributed by atoms with van der Waals surface area (Å²) in [5.74, 6) is 0. The molecule has 2 aliphatic heterocycles. The second-order valence-corrected chi connectivity index (χ2v) is 12.4. The van der Waals surface area contributed by atoms with Crippen molar-refractivity contribution in [2.75, 3.05) is 0 Å². The van der Waals surface area contributed by atoms with Gasteiger partial charge in [0, 0.05) is 5.41 Å². The van der Waals surface area contributed by atoms with E-state index in [1.165, 1.54) is 22.3 Å². The number of hydrogen-bond donors (Lipinski definition) is 0. The highest BCUT2D eigenvalue weighted by Crippen LogP contribution is 2.48. The summed E-state index contributed by atoms with van der Waals surface area (Å²) in [6.07, 6.45) is 0. The molecule has 2 aromatic carbocycles. The third-order valence-corrected chi connectivity index (χ3v) is 8.77. The third kappa shape index (κ3) is 4.28. The lowest BCUT2D eigenvalue weighted by molar-refractivity contribution is 0.00578. The Bertz CT molecular complexity index is 1010. The molecule has 4 nitrogen and oxygen atoms in total. The molecule has 2 heterocycles. The van der Waals surface area contributed by atoms with Crippen LogP contribution >= 0.6 is 0 Å². The van der Waals surface area contributed by atoms with Crippen molar-refractivity contribution in [3.63, 3.8) is 0 Å². The zero-order valence-corrected chi connectivity index (χ0v) is 21.8. The van der Waals surface area contributed by atoms with Gasteiger partial charge < -0.3 is 18.6 Å².